The zero-order valence-corrected chi connectivity index (χ0v) is 12.9. The Bertz CT molecular complexity index is 508. The van der Waals surface area contributed by atoms with Gasteiger partial charge in [-0.25, -0.2) is 0 Å². The summed E-state index contributed by atoms with van der Waals surface area (Å²) in [5.41, 5.74) is 0.770. The van der Waals surface area contributed by atoms with Crippen molar-refractivity contribution in [2.45, 2.75) is 12.8 Å². The number of likely N-dealkylation sites (tertiary alicyclic amines) is 1. The first-order valence-corrected chi connectivity index (χ1v) is 8.07. The number of hydrogen-bond acceptors (Lipinski definition) is 3. The minimum absolute atomic E-state index is 0.0592. The molecule has 2 saturated heterocycles. The maximum Gasteiger partial charge on any atom is 0.225 e. The zero-order valence-electron chi connectivity index (χ0n) is 12.1. The number of hydrogen-bond donors (Lipinski definition) is 2. The van der Waals surface area contributed by atoms with Crippen LogP contribution in [-0.4, -0.2) is 43.5 Å². The predicted molar refractivity (Wildman–Crippen MR) is 85.6 cm³/mol. The largest absolute Gasteiger partial charge is 0.326 e. The van der Waals surface area contributed by atoms with Gasteiger partial charge in [-0.05, 0) is 56.1 Å². The van der Waals surface area contributed by atoms with Gasteiger partial charge < -0.3 is 15.5 Å². The molecule has 1 aromatic carbocycles. The van der Waals surface area contributed by atoms with E-state index in [1.165, 1.54) is 13.0 Å². The maximum absolute atomic E-state index is 12.0. The number of amides is 1. The standard InChI is InChI=1S/C16H22ClN3O/c17-14-2-1-3-15(8-14)19-16(21)5-7-20-6-4-12-9-18-10-13(12)11-20/h1-3,8,12-13,18H,4-7,9-11H2,(H,19,21). The molecular weight excluding hydrogens is 286 g/mol. The van der Waals surface area contributed by atoms with E-state index in [0.29, 0.717) is 11.4 Å². The average molecular weight is 308 g/mol. The Kier molecular flexibility index (Phi) is 4.78. The highest BCUT2D eigenvalue weighted by Crippen LogP contribution is 2.26. The number of piperidine rings is 1. The summed E-state index contributed by atoms with van der Waals surface area (Å²) < 4.78 is 0. The Balaban J connectivity index is 1.43. The molecule has 2 aliphatic heterocycles. The number of anilines is 1. The van der Waals surface area contributed by atoms with Crippen molar-refractivity contribution in [1.29, 1.82) is 0 Å². The Labute approximate surface area is 130 Å². The first-order valence-electron chi connectivity index (χ1n) is 7.69. The van der Waals surface area contributed by atoms with E-state index in [1.807, 2.05) is 12.1 Å². The summed E-state index contributed by atoms with van der Waals surface area (Å²) in [6.45, 7) is 5.40. The van der Waals surface area contributed by atoms with E-state index in [4.69, 9.17) is 11.6 Å². The van der Waals surface area contributed by atoms with Crippen molar-refractivity contribution in [2.75, 3.05) is 38.0 Å². The Hall–Kier alpha value is -1.10. The molecule has 2 heterocycles. The lowest BCUT2D eigenvalue weighted by Gasteiger charge is -2.34. The van der Waals surface area contributed by atoms with Gasteiger partial charge in [0.2, 0.25) is 5.91 Å². The fourth-order valence-electron chi connectivity index (χ4n) is 3.36. The number of carbonyl (C=O) groups excluding carboxylic acids is 1. The monoisotopic (exact) mass is 307 g/mol. The fourth-order valence-corrected chi connectivity index (χ4v) is 3.55. The van der Waals surface area contributed by atoms with Gasteiger partial charge in [-0.3, -0.25) is 4.79 Å². The predicted octanol–water partition coefficient (Wildman–Crippen LogP) is 2.21. The fraction of sp³-hybridized carbons (Fsp3) is 0.562. The molecule has 4 nitrogen and oxygen atoms in total. The van der Waals surface area contributed by atoms with Crippen LogP contribution < -0.4 is 10.6 Å². The quantitative estimate of drug-likeness (QED) is 0.896. The number of benzene rings is 1. The van der Waals surface area contributed by atoms with Gasteiger partial charge in [0, 0.05) is 30.2 Å². The van der Waals surface area contributed by atoms with Crippen molar-refractivity contribution in [1.82, 2.24) is 10.2 Å². The highest BCUT2D eigenvalue weighted by Gasteiger charge is 2.32. The second-order valence-electron chi connectivity index (χ2n) is 6.08. The van der Waals surface area contributed by atoms with E-state index >= 15 is 0 Å². The van der Waals surface area contributed by atoms with Crippen LogP contribution in [0.1, 0.15) is 12.8 Å². The summed E-state index contributed by atoms with van der Waals surface area (Å²) in [5.74, 6) is 1.68. The highest BCUT2D eigenvalue weighted by molar-refractivity contribution is 6.30. The van der Waals surface area contributed by atoms with Gasteiger partial charge in [0.25, 0.3) is 0 Å². The molecule has 2 aliphatic rings. The molecule has 21 heavy (non-hydrogen) atoms. The minimum Gasteiger partial charge on any atom is -0.326 e. The molecule has 2 fully saturated rings. The number of nitrogens with one attached hydrogen (secondary N) is 2. The summed E-state index contributed by atoms with van der Waals surface area (Å²) in [4.78, 5) is 14.4. The topological polar surface area (TPSA) is 44.4 Å². The third kappa shape index (κ3) is 3.96. The number of rotatable bonds is 4. The average Bonchev–Trinajstić information content (AvgIpc) is 2.92. The van der Waals surface area contributed by atoms with Gasteiger partial charge in [0.1, 0.15) is 0 Å². The molecule has 1 amide bonds. The van der Waals surface area contributed by atoms with Crippen LogP contribution in [-0.2, 0) is 4.79 Å². The van der Waals surface area contributed by atoms with E-state index < -0.39 is 0 Å². The van der Waals surface area contributed by atoms with Gasteiger partial charge in [0.05, 0.1) is 0 Å². The molecule has 2 atom stereocenters. The molecule has 0 radical (unpaired) electrons. The molecule has 114 valence electrons. The van der Waals surface area contributed by atoms with Crippen LogP contribution in [0.3, 0.4) is 0 Å². The number of fused-ring (bicyclic) bond motifs is 1. The molecule has 0 spiro atoms. The van der Waals surface area contributed by atoms with Crippen LogP contribution in [0.25, 0.3) is 0 Å². The number of nitrogens with zero attached hydrogens (tertiary/aromatic N) is 1. The second kappa shape index (κ2) is 6.77. The summed E-state index contributed by atoms with van der Waals surface area (Å²) in [5, 5.41) is 7.02. The molecule has 0 aromatic heterocycles. The van der Waals surface area contributed by atoms with Crippen molar-refractivity contribution in [3.8, 4) is 0 Å². The lowest BCUT2D eigenvalue weighted by Crippen LogP contribution is -2.41. The zero-order chi connectivity index (χ0) is 14.7. The molecule has 0 bridgehead atoms. The van der Waals surface area contributed by atoms with Crippen molar-refractivity contribution in [3.05, 3.63) is 29.3 Å². The third-order valence-electron chi connectivity index (χ3n) is 4.55. The van der Waals surface area contributed by atoms with Crippen molar-refractivity contribution < 1.29 is 4.79 Å². The van der Waals surface area contributed by atoms with E-state index in [9.17, 15) is 4.79 Å². The van der Waals surface area contributed by atoms with E-state index in [-0.39, 0.29) is 5.91 Å². The third-order valence-corrected chi connectivity index (χ3v) is 4.79. The van der Waals surface area contributed by atoms with Crippen molar-refractivity contribution in [3.63, 3.8) is 0 Å². The Morgan fingerprint density at radius 1 is 1.38 bits per heavy atom. The number of carbonyl (C=O) groups is 1. The molecule has 2 N–H and O–H groups in total. The van der Waals surface area contributed by atoms with Crippen LogP contribution in [0, 0.1) is 11.8 Å². The van der Waals surface area contributed by atoms with Gasteiger partial charge in [0.15, 0.2) is 0 Å². The first kappa shape index (κ1) is 14.8. The van der Waals surface area contributed by atoms with Gasteiger partial charge in [-0.1, -0.05) is 17.7 Å². The van der Waals surface area contributed by atoms with E-state index in [0.717, 1.165) is 43.7 Å². The molecule has 2 unspecified atom stereocenters. The second-order valence-corrected chi connectivity index (χ2v) is 6.51. The number of halogens is 1. The highest BCUT2D eigenvalue weighted by atomic mass is 35.5. The summed E-state index contributed by atoms with van der Waals surface area (Å²) >= 11 is 5.91. The minimum atomic E-state index is 0.0592. The van der Waals surface area contributed by atoms with Crippen molar-refractivity contribution >= 4 is 23.2 Å². The Morgan fingerprint density at radius 2 is 2.24 bits per heavy atom. The van der Waals surface area contributed by atoms with Gasteiger partial charge in [-0.2, -0.15) is 0 Å². The molecule has 0 saturated carbocycles. The summed E-state index contributed by atoms with van der Waals surface area (Å²) in [7, 11) is 0. The smallest absolute Gasteiger partial charge is 0.225 e. The van der Waals surface area contributed by atoms with Crippen LogP contribution in [0.4, 0.5) is 5.69 Å². The lowest BCUT2D eigenvalue weighted by molar-refractivity contribution is -0.116. The molecule has 5 heteroatoms. The first-order chi connectivity index (χ1) is 10.2. The lowest BCUT2D eigenvalue weighted by atomic mass is 9.89. The van der Waals surface area contributed by atoms with Crippen LogP contribution in [0.15, 0.2) is 24.3 Å². The van der Waals surface area contributed by atoms with E-state index in [2.05, 4.69) is 15.5 Å². The van der Waals surface area contributed by atoms with Crippen LogP contribution in [0.5, 0.6) is 0 Å². The van der Waals surface area contributed by atoms with Crippen LogP contribution in [0.2, 0.25) is 5.02 Å². The summed E-state index contributed by atoms with van der Waals surface area (Å²) in [6, 6.07) is 7.28. The van der Waals surface area contributed by atoms with Crippen molar-refractivity contribution in [2.24, 2.45) is 11.8 Å². The van der Waals surface area contributed by atoms with Gasteiger partial charge in [-0.15, -0.1) is 0 Å². The van der Waals surface area contributed by atoms with Gasteiger partial charge >= 0.3 is 0 Å². The SMILES string of the molecule is O=C(CCN1CCC2CNCC2C1)Nc1cccc(Cl)c1. The normalized spacial score (nSPS) is 25.6. The molecular formula is C16H22ClN3O. The van der Waals surface area contributed by atoms with Crippen LogP contribution >= 0.6 is 11.6 Å². The molecule has 3 rings (SSSR count). The Morgan fingerprint density at radius 3 is 3.10 bits per heavy atom. The van der Waals surface area contributed by atoms with E-state index in [1.54, 1.807) is 12.1 Å². The molecule has 1 aromatic rings. The summed E-state index contributed by atoms with van der Waals surface area (Å²) in [6.07, 6.45) is 1.80. The maximum atomic E-state index is 12.0. The molecule has 0 aliphatic carbocycles.